The average Bonchev–Trinajstić information content (AvgIpc) is 2.38. The number of anilines is 1. The minimum atomic E-state index is -0.551. The van der Waals surface area contributed by atoms with Gasteiger partial charge in [0.05, 0.1) is 16.2 Å². The number of aromatic nitrogens is 2. The zero-order chi connectivity index (χ0) is 16.8. The van der Waals surface area contributed by atoms with Crippen molar-refractivity contribution in [3.63, 3.8) is 0 Å². The molecule has 1 rings (SSSR count). The third-order valence-corrected chi connectivity index (χ3v) is 3.98. The number of hydrogen-bond acceptors (Lipinski definition) is 6. The fourth-order valence-electron chi connectivity index (χ4n) is 1.52. The van der Waals surface area contributed by atoms with Gasteiger partial charge in [0, 0.05) is 13.7 Å². The monoisotopic (exact) mass is 442 g/mol. The highest BCUT2D eigenvalue weighted by Gasteiger charge is 2.20. The molecule has 1 atom stereocenters. The lowest BCUT2D eigenvalue weighted by Gasteiger charge is -2.23. The van der Waals surface area contributed by atoms with Crippen LogP contribution in [0, 0.1) is 3.57 Å². The van der Waals surface area contributed by atoms with E-state index in [2.05, 4.69) is 43.2 Å². The minimum Gasteiger partial charge on any atom is -0.444 e. The van der Waals surface area contributed by atoms with Crippen LogP contribution >= 0.6 is 34.2 Å². The molecule has 124 valence electrons. The zero-order valence-corrected chi connectivity index (χ0v) is 15.9. The lowest BCUT2D eigenvalue weighted by atomic mass is 10.2. The highest BCUT2D eigenvalue weighted by atomic mass is 127. The van der Waals surface area contributed by atoms with Crippen LogP contribution in [0.5, 0.6) is 0 Å². The molecule has 1 unspecified atom stereocenters. The van der Waals surface area contributed by atoms with Gasteiger partial charge in [-0.1, -0.05) is 11.6 Å². The summed E-state index contributed by atoms with van der Waals surface area (Å²) in [6, 6.07) is -0.274. The van der Waals surface area contributed by atoms with Crippen LogP contribution in [0.1, 0.15) is 20.8 Å². The maximum Gasteiger partial charge on any atom is 0.408 e. The first-order chi connectivity index (χ1) is 10.2. The van der Waals surface area contributed by atoms with Crippen molar-refractivity contribution in [2.24, 2.45) is 0 Å². The minimum absolute atomic E-state index is 0.274. The molecule has 1 aromatic rings. The maximum atomic E-state index is 11.8. The molecule has 9 heteroatoms. The second-order valence-electron chi connectivity index (χ2n) is 5.51. The molecule has 0 spiro atoms. The zero-order valence-electron chi connectivity index (χ0n) is 12.9. The topological polar surface area (TPSA) is 85.4 Å². The molecule has 0 saturated heterocycles. The molecule has 7 nitrogen and oxygen atoms in total. The lowest BCUT2D eigenvalue weighted by molar-refractivity contribution is 0.0474. The number of carbonyl (C=O) groups is 1. The first-order valence-corrected chi connectivity index (χ1v) is 8.07. The van der Waals surface area contributed by atoms with Crippen molar-refractivity contribution in [3.05, 3.63) is 15.1 Å². The van der Waals surface area contributed by atoms with E-state index >= 15 is 0 Å². The molecule has 1 heterocycles. The van der Waals surface area contributed by atoms with Crippen molar-refractivity contribution in [2.45, 2.75) is 32.4 Å². The molecular weight excluding hydrogens is 423 g/mol. The summed E-state index contributed by atoms with van der Waals surface area (Å²) in [5, 5.41) is 6.24. The number of alkyl carbamates (subject to hydrolysis) is 1. The van der Waals surface area contributed by atoms with Crippen LogP contribution in [0.15, 0.2) is 6.33 Å². The lowest BCUT2D eigenvalue weighted by Crippen LogP contribution is -2.45. The molecule has 0 aliphatic carbocycles. The Bertz CT molecular complexity index is 511. The molecule has 0 aromatic carbocycles. The third-order valence-electron chi connectivity index (χ3n) is 2.35. The SMILES string of the molecule is COCC(CNc1ncnc(Cl)c1I)NC(=O)OC(C)(C)C. The molecule has 1 aromatic heterocycles. The largest absolute Gasteiger partial charge is 0.444 e. The normalized spacial score (nSPS) is 12.6. The van der Waals surface area contributed by atoms with E-state index in [9.17, 15) is 4.79 Å². The first-order valence-electron chi connectivity index (χ1n) is 6.61. The molecule has 0 radical (unpaired) electrons. The van der Waals surface area contributed by atoms with Crippen LogP contribution < -0.4 is 10.6 Å². The Balaban J connectivity index is 2.61. The highest BCUT2D eigenvalue weighted by molar-refractivity contribution is 14.1. The third kappa shape index (κ3) is 6.93. The number of halogens is 2. The summed E-state index contributed by atoms with van der Waals surface area (Å²) in [6.07, 6.45) is 0.881. The maximum absolute atomic E-state index is 11.8. The molecule has 0 saturated carbocycles. The van der Waals surface area contributed by atoms with Gasteiger partial charge in [-0.3, -0.25) is 0 Å². The summed E-state index contributed by atoms with van der Waals surface area (Å²) in [7, 11) is 1.56. The Kier molecular flexibility index (Phi) is 7.57. The summed E-state index contributed by atoms with van der Waals surface area (Å²) in [4.78, 5) is 19.8. The van der Waals surface area contributed by atoms with E-state index in [1.165, 1.54) is 6.33 Å². The van der Waals surface area contributed by atoms with Crippen molar-refractivity contribution in [3.8, 4) is 0 Å². The number of nitrogens with one attached hydrogen (secondary N) is 2. The van der Waals surface area contributed by atoms with Gasteiger partial charge in [-0.2, -0.15) is 0 Å². The van der Waals surface area contributed by atoms with E-state index in [4.69, 9.17) is 21.1 Å². The quantitative estimate of drug-likeness (QED) is 0.520. The van der Waals surface area contributed by atoms with E-state index in [-0.39, 0.29) is 6.04 Å². The van der Waals surface area contributed by atoms with Crippen molar-refractivity contribution in [2.75, 3.05) is 25.6 Å². The number of nitrogens with zero attached hydrogens (tertiary/aromatic N) is 2. The summed E-state index contributed by atoms with van der Waals surface area (Å²) >= 11 is 7.99. The molecule has 0 bridgehead atoms. The Hall–Kier alpha value is -0.870. The number of rotatable bonds is 6. The Morgan fingerprint density at radius 3 is 2.73 bits per heavy atom. The van der Waals surface area contributed by atoms with Crippen molar-refractivity contribution < 1.29 is 14.3 Å². The second-order valence-corrected chi connectivity index (χ2v) is 6.94. The van der Waals surface area contributed by atoms with E-state index in [0.717, 1.165) is 3.57 Å². The van der Waals surface area contributed by atoms with Gasteiger partial charge in [-0.15, -0.1) is 0 Å². The summed E-state index contributed by atoms with van der Waals surface area (Å²) in [5.41, 5.74) is -0.551. The summed E-state index contributed by atoms with van der Waals surface area (Å²) in [5.74, 6) is 0.604. The standard InChI is InChI=1S/C13H20ClIN4O3/c1-13(2,3)22-12(20)19-8(6-21-4)5-16-11-9(15)10(14)17-7-18-11/h7-8H,5-6H2,1-4H3,(H,19,20)(H,16,17,18). The van der Waals surface area contributed by atoms with Crippen LogP contribution in [-0.2, 0) is 9.47 Å². The Labute approximate surface area is 148 Å². The number of methoxy groups -OCH3 is 1. The fraction of sp³-hybridized carbons (Fsp3) is 0.615. The van der Waals surface area contributed by atoms with Gasteiger partial charge in [0.15, 0.2) is 0 Å². The molecule has 22 heavy (non-hydrogen) atoms. The van der Waals surface area contributed by atoms with Gasteiger partial charge < -0.3 is 20.1 Å². The van der Waals surface area contributed by atoms with E-state index in [1.54, 1.807) is 27.9 Å². The van der Waals surface area contributed by atoms with Gasteiger partial charge in [0.1, 0.15) is 22.9 Å². The predicted molar refractivity (Wildman–Crippen MR) is 93.3 cm³/mol. The number of amides is 1. The molecule has 2 N–H and O–H groups in total. The first kappa shape index (κ1) is 19.2. The average molecular weight is 443 g/mol. The number of hydrogen-bond donors (Lipinski definition) is 2. The van der Waals surface area contributed by atoms with Crippen molar-refractivity contribution in [1.82, 2.24) is 15.3 Å². The molecule has 0 aliphatic heterocycles. The van der Waals surface area contributed by atoms with Gasteiger partial charge in [-0.25, -0.2) is 14.8 Å². The van der Waals surface area contributed by atoms with Crippen LogP contribution in [0.4, 0.5) is 10.6 Å². The van der Waals surface area contributed by atoms with E-state index < -0.39 is 11.7 Å². The second kappa shape index (κ2) is 8.68. The molecule has 1 amide bonds. The van der Waals surface area contributed by atoms with Gasteiger partial charge in [-0.05, 0) is 43.4 Å². The predicted octanol–water partition coefficient (Wildman–Crippen LogP) is 2.69. The summed E-state index contributed by atoms with van der Waals surface area (Å²) in [6.45, 7) is 6.17. The van der Waals surface area contributed by atoms with Crippen molar-refractivity contribution in [1.29, 1.82) is 0 Å². The van der Waals surface area contributed by atoms with Crippen LogP contribution in [-0.4, -0.2) is 48.0 Å². The Morgan fingerprint density at radius 2 is 2.14 bits per heavy atom. The molecule has 0 aliphatic rings. The van der Waals surface area contributed by atoms with Crippen molar-refractivity contribution >= 4 is 46.1 Å². The van der Waals surface area contributed by atoms with Gasteiger partial charge in [0.25, 0.3) is 0 Å². The molecular formula is C13H20ClIN4O3. The van der Waals surface area contributed by atoms with Crippen LogP contribution in [0.2, 0.25) is 5.15 Å². The smallest absolute Gasteiger partial charge is 0.408 e. The van der Waals surface area contributed by atoms with Gasteiger partial charge in [0.2, 0.25) is 0 Å². The van der Waals surface area contributed by atoms with E-state index in [1.807, 2.05) is 0 Å². The highest BCUT2D eigenvalue weighted by Crippen LogP contribution is 2.21. The Morgan fingerprint density at radius 1 is 1.45 bits per heavy atom. The fourth-order valence-corrected chi connectivity index (χ4v) is 2.12. The van der Waals surface area contributed by atoms with Gasteiger partial charge >= 0.3 is 6.09 Å². The van der Waals surface area contributed by atoms with E-state index in [0.29, 0.717) is 24.1 Å². The van der Waals surface area contributed by atoms with Crippen LogP contribution in [0.3, 0.4) is 0 Å². The molecule has 0 fully saturated rings. The number of carbonyl (C=O) groups excluding carboxylic acids is 1. The number of ether oxygens (including phenoxy) is 2. The summed E-state index contributed by atoms with van der Waals surface area (Å²) < 4.78 is 11.1. The van der Waals surface area contributed by atoms with Crippen LogP contribution in [0.25, 0.3) is 0 Å².